The smallest absolute Gasteiger partial charge is 0.192 e. The summed E-state index contributed by atoms with van der Waals surface area (Å²) in [5.41, 5.74) is 4.47. The second kappa shape index (κ2) is 6.36. The van der Waals surface area contributed by atoms with E-state index in [0.717, 1.165) is 13.1 Å². The van der Waals surface area contributed by atoms with Crippen LogP contribution in [0, 0.1) is 0 Å². The van der Waals surface area contributed by atoms with Crippen LogP contribution in [-0.4, -0.2) is 37.7 Å². The van der Waals surface area contributed by atoms with Crippen molar-refractivity contribution in [2.24, 2.45) is 0 Å². The lowest BCUT2D eigenvalue weighted by Gasteiger charge is -2.49. The van der Waals surface area contributed by atoms with Crippen LogP contribution < -0.4 is 0 Å². The van der Waals surface area contributed by atoms with Crippen molar-refractivity contribution < 1.29 is 4.58 Å². The lowest BCUT2D eigenvalue weighted by molar-refractivity contribution is -0.521. The summed E-state index contributed by atoms with van der Waals surface area (Å²) >= 11 is 1.96. The highest BCUT2D eigenvalue weighted by Gasteiger charge is 2.60. The van der Waals surface area contributed by atoms with Crippen molar-refractivity contribution in [3.05, 3.63) is 40.8 Å². The average molecular weight is 333 g/mol. The molecule has 0 N–H and O–H groups in total. The Bertz CT molecular complexity index is 604. The second-order valence-electron chi connectivity index (χ2n) is 7.17. The minimum atomic E-state index is -1.37. The number of hydrogen-bond donors (Lipinski definition) is 0. The molecule has 3 heteroatoms. The standard InChI is InChI=1S/C19H30NSSi/c1-8-20(9-2)17-16(15-13-11-10-12-14-15)18(21-4)19(17,3)22(5,6)7/h10-14H,8-9H2,1-7H3/q+1. The third kappa shape index (κ3) is 2.52. The van der Waals surface area contributed by atoms with Crippen molar-refractivity contribution in [1.29, 1.82) is 0 Å². The summed E-state index contributed by atoms with van der Waals surface area (Å²) in [6, 6.07) is 10.9. The van der Waals surface area contributed by atoms with Crippen molar-refractivity contribution in [2.45, 2.75) is 45.5 Å². The molecule has 2 rings (SSSR count). The summed E-state index contributed by atoms with van der Waals surface area (Å²) in [6.45, 7) is 16.7. The molecular formula is C19H30NSSi+. The van der Waals surface area contributed by atoms with Crippen molar-refractivity contribution in [3.63, 3.8) is 0 Å². The first-order valence-electron chi connectivity index (χ1n) is 8.29. The Morgan fingerprint density at radius 3 is 2.00 bits per heavy atom. The largest absolute Gasteiger partial charge is 0.233 e. The van der Waals surface area contributed by atoms with Gasteiger partial charge in [0.25, 0.3) is 0 Å². The molecule has 1 nitrogen and oxygen atoms in total. The fraction of sp³-hybridized carbons (Fsp3) is 0.526. The fourth-order valence-electron chi connectivity index (χ4n) is 3.54. The van der Waals surface area contributed by atoms with Crippen LogP contribution in [0.2, 0.25) is 24.7 Å². The van der Waals surface area contributed by atoms with Gasteiger partial charge in [-0.15, -0.1) is 11.8 Å². The number of rotatable bonds is 5. The van der Waals surface area contributed by atoms with E-state index in [1.807, 2.05) is 11.8 Å². The molecule has 0 radical (unpaired) electrons. The molecular weight excluding hydrogens is 302 g/mol. The van der Waals surface area contributed by atoms with Crippen molar-refractivity contribution >= 4 is 31.1 Å². The molecule has 0 saturated carbocycles. The van der Waals surface area contributed by atoms with Gasteiger partial charge in [0.15, 0.2) is 5.71 Å². The zero-order valence-corrected chi connectivity index (χ0v) is 17.0. The van der Waals surface area contributed by atoms with Crippen LogP contribution in [0.3, 0.4) is 0 Å². The lowest BCUT2D eigenvalue weighted by Crippen LogP contribution is -2.53. The quantitative estimate of drug-likeness (QED) is 0.518. The number of allylic oxidation sites excluding steroid dienone is 2. The van der Waals surface area contributed by atoms with E-state index in [1.54, 1.807) is 10.6 Å². The highest BCUT2D eigenvalue weighted by Crippen LogP contribution is 2.62. The van der Waals surface area contributed by atoms with Crippen LogP contribution in [-0.2, 0) is 0 Å². The van der Waals surface area contributed by atoms with Gasteiger partial charge >= 0.3 is 0 Å². The van der Waals surface area contributed by atoms with Gasteiger partial charge in [-0.3, -0.25) is 0 Å². The van der Waals surface area contributed by atoms with E-state index in [4.69, 9.17) is 0 Å². The van der Waals surface area contributed by atoms with Gasteiger partial charge in [0.1, 0.15) is 13.1 Å². The van der Waals surface area contributed by atoms with Crippen LogP contribution >= 0.6 is 11.8 Å². The molecule has 0 heterocycles. The molecule has 1 aromatic carbocycles. The summed E-state index contributed by atoms with van der Waals surface area (Å²) in [7, 11) is -1.37. The maximum Gasteiger partial charge on any atom is 0.192 e. The zero-order valence-electron chi connectivity index (χ0n) is 15.2. The van der Waals surface area contributed by atoms with Gasteiger partial charge in [0.05, 0.1) is 18.7 Å². The molecule has 1 atom stereocenters. The van der Waals surface area contributed by atoms with Crippen LogP contribution in [0.25, 0.3) is 5.57 Å². The molecule has 0 bridgehead atoms. The monoisotopic (exact) mass is 332 g/mol. The highest BCUT2D eigenvalue weighted by molar-refractivity contribution is 8.03. The Labute approximate surface area is 141 Å². The molecule has 0 aromatic heterocycles. The summed E-state index contributed by atoms with van der Waals surface area (Å²) < 4.78 is 2.58. The number of nitrogens with zero attached hydrogens (tertiary/aromatic N) is 1. The predicted octanol–water partition coefficient (Wildman–Crippen LogP) is 5.37. The summed E-state index contributed by atoms with van der Waals surface area (Å²) in [6.07, 6.45) is 2.25. The first kappa shape index (κ1) is 17.5. The van der Waals surface area contributed by atoms with E-state index >= 15 is 0 Å². The van der Waals surface area contributed by atoms with E-state index in [2.05, 4.69) is 81.6 Å². The van der Waals surface area contributed by atoms with Gasteiger partial charge in [-0.25, -0.2) is 4.58 Å². The maximum atomic E-state index is 2.58. The Kier molecular flexibility index (Phi) is 5.08. The van der Waals surface area contributed by atoms with Crippen LogP contribution in [0.1, 0.15) is 26.3 Å². The SMILES string of the molecule is CC[N+](CC)=C1C(c2ccccc2)=C(SC)C1(C)[Si](C)(C)C. The normalized spacial score (nSPS) is 21.9. The molecule has 0 amide bonds. The minimum Gasteiger partial charge on any atom is -0.233 e. The molecule has 1 aromatic rings. The molecule has 0 spiro atoms. The van der Waals surface area contributed by atoms with Crippen molar-refractivity contribution in [3.8, 4) is 0 Å². The number of hydrogen-bond acceptors (Lipinski definition) is 1. The summed E-state index contributed by atoms with van der Waals surface area (Å²) in [5.74, 6) is 0. The van der Waals surface area contributed by atoms with Gasteiger partial charge in [-0.2, -0.15) is 0 Å². The minimum absolute atomic E-state index is 0.267. The Balaban J connectivity index is 2.77. The van der Waals surface area contributed by atoms with Crippen molar-refractivity contribution in [1.82, 2.24) is 0 Å². The van der Waals surface area contributed by atoms with E-state index in [9.17, 15) is 0 Å². The van der Waals surface area contributed by atoms with E-state index in [0.29, 0.717) is 0 Å². The number of benzene rings is 1. The Morgan fingerprint density at radius 1 is 1.05 bits per heavy atom. The fourth-order valence-corrected chi connectivity index (χ4v) is 7.49. The highest BCUT2D eigenvalue weighted by atomic mass is 32.2. The van der Waals surface area contributed by atoms with Gasteiger partial charge in [0.2, 0.25) is 0 Å². The average Bonchev–Trinajstić information content (AvgIpc) is 2.49. The first-order valence-corrected chi connectivity index (χ1v) is 13.0. The van der Waals surface area contributed by atoms with E-state index in [-0.39, 0.29) is 5.04 Å². The first-order chi connectivity index (χ1) is 10.3. The van der Waals surface area contributed by atoms with Gasteiger partial charge in [0, 0.05) is 4.91 Å². The lowest BCUT2D eigenvalue weighted by atomic mass is 9.79. The summed E-state index contributed by atoms with van der Waals surface area (Å²) in [5, 5.41) is 0.267. The van der Waals surface area contributed by atoms with Crippen molar-refractivity contribution in [2.75, 3.05) is 19.3 Å². The molecule has 0 fully saturated rings. The third-order valence-corrected chi connectivity index (χ3v) is 9.93. The van der Waals surface area contributed by atoms with Crippen LogP contribution in [0.15, 0.2) is 35.2 Å². The Hall–Kier alpha value is -0.803. The third-order valence-electron chi connectivity index (χ3n) is 5.24. The van der Waals surface area contributed by atoms with Gasteiger partial charge in [-0.1, -0.05) is 50.0 Å². The van der Waals surface area contributed by atoms with E-state index in [1.165, 1.54) is 11.1 Å². The summed E-state index contributed by atoms with van der Waals surface area (Å²) in [4.78, 5) is 1.60. The van der Waals surface area contributed by atoms with E-state index < -0.39 is 8.07 Å². The predicted molar refractivity (Wildman–Crippen MR) is 105 cm³/mol. The molecule has 0 saturated heterocycles. The molecule has 1 aliphatic rings. The van der Waals surface area contributed by atoms with Crippen LogP contribution in [0.5, 0.6) is 0 Å². The molecule has 1 unspecified atom stereocenters. The number of thioether (sulfide) groups is 1. The topological polar surface area (TPSA) is 3.01 Å². The second-order valence-corrected chi connectivity index (χ2v) is 13.5. The molecule has 1 aliphatic carbocycles. The zero-order chi connectivity index (χ0) is 16.5. The van der Waals surface area contributed by atoms with Gasteiger partial charge < -0.3 is 0 Å². The molecule has 0 aliphatic heterocycles. The molecule has 120 valence electrons. The van der Waals surface area contributed by atoms with Gasteiger partial charge in [-0.05, 0) is 32.6 Å². The Morgan fingerprint density at radius 2 is 1.59 bits per heavy atom. The van der Waals surface area contributed by atoms with Crippen LogP contribution in [0.4, 0.5) is 0 Å². The maximum absolute atomic E-state index is 2.58. The molecule has 22 heavy (non-hydrogen) atoms.